The van der Waals surface area contributed by atoms with Crippen molar-refractivity contribution < 1.29 is 14.1 Å². The van der Waals surface area contributed by atoms with Crippen molar-refractivity contribution in [2.75, 3.05) is 25.0 Å². The van der Waals surface area contributed by atoms with Crippen LogP contribution in [0.3, 0.4) is 0 Å². The van der Waals surface area contributed by atoms with Crippen molar-refractivity contribution in [3.63, 3.8) is 0 Å². The summed E-state index contributed by atoms with van der Waals surface area (Å²) in [6, 6.07) is 11.3. The molecule has 1 N–H and O–H groups in total. The van der Waals surface area contributed by atoms with E-state index in [-0.39, 0.29) is 17.6 Å². The molecule has 132 valence electrons. The smallest absolute Gasteiger partial charge is 0.247 e. The Morgan fingerprint density at radius 1 is 1.32 bits per heavy atom. The van der Waals surface area contributed by atoms with Gasteiger partial charge in [0.25, 0.3) is 0 Å². The van der Waals surface area contributed by atoms with Crippen LogP contribution in [0.15, 0.2) is 40.9 Å². The maximum Gasteiger partial charge on any atom is 0.247 e. The fourth-order valence-corrected chi connectivity index (χ4v) is 3.75. The molecular weight excluding hydrogens is 318 g/mol. The lowest BCUT2D eigenvalue weighted by Crippen LogP contribution is -2.57. The third kappa shape index (κ3) is 3.32. The van der Waals surface area contributed by atoms with Gasteiger partial charge in [0, 0.05) is 19.2 Å². The molecule has 25 heavy (non-hydrogen) atoms. The molecule has 1 aliphatic heterocycles. The fourth-order valence-electron chi connectivity index (χ4n) is 3.75. The van der Waals surface area contributed by atoms with Gasteiger partial charge >= 0.3 is 0 Å². The van der Waals surface area contributed by atoms with Crippen LogP contribution in [0.5, 0.6) is 0 Å². The van der Waals surface area contributed by atoms with E-state index in [2.05, 4.69) is 15.4 Å². The van der Waals surface area contributed by atoms with E-state index in [1.807, 2.05) is 30.3 Å². The number of nitrogens with zero attached hydrogens (tertiary/aromatic N) is 2. The lowest BCUT2D eigenvalue weighted by molar-refractivity contribution is -0.162. The average Bonchev–Trinajstić information content (AvgIpc) is 3.00. The molecule has 1 amide bonds. The highest BCUT2D eigenvalue weighted by Crippen LogP contribution is 2.40. The van der Waals surface area contributed by atoms with Crippen molar-refractivity contribution in [1.29, 1.82) is 0 Å². The second-order valence-corrected chi connectivity index (χ2v) is 6.98. The van der Waals surface area contributed by atoms with Crippen molar-refractivity contribution in [3.8, 4) is 0 Å². The van der Waals surface area contributed by atoms with E-state index in [0.717, 1.165) is 31.5 Å². The van der Waals surface area contributed by atoms with Crippen molar-refractivity contribution >= 4 is 11.7 Å². The summed E-state index contributed by atoms with van der Waals surface area (Å²) in [7, 11) is 0. The van der Waals surface area contributed by atoms with Crippen LogP contribution in [-0.2, 0) is 9.53 Å². The second kappa shape index (κ2) is 6.61. The molecule has 0 bridgehead atoms. The van der Waals surface area contributed by atoms with Gasteiger partial charge < -0.3 is 14.6 Å². The molecule has 1 aliphatic carbocycles. The normalized spacial score (nSPS) is 20.8. The maximum atomic E-state index is 13.1. The van der Waals surface area contributed by atoms with Gasteiger partial charge in [-0.3, -0.25) is 9.69 Å². The van der Waals surface area contributed by atoms with Crippen molar-refractivity contribution in [3.05, 3.63) is 47.7 Å². The van der Waals surface area contributed by atoms with Crippen LogP contribution >= 0.6 is 0 Å². The number of aryl methyl sites for hydroxylation is 1. The Kier molecular flexibility index (Phi) is 4.31. The minimum atomic E-state index is -0.361. The summed E-state index contributed by atoms with van der Waals surface area (Å²) in [5.74, 6) is 1.04. The molecule has 6 heteroatoms. The molecular formula is C19H23N3O3. The molecule has 1 saturated carbocycles. The molecule has 2 aromatic rings. The van der Waals surface area contributed by atoms with Gasteiger partial charge in [-0.2, -0.15) is 0 Å². The number of rotatable bonds is 4. The molecule has 1 spiro atoms. The highest BCUT2D eigenvalue weighted by molar-refractivity contribution is 5.94. The number of ether oxygens (including phenoxy) is 1. The Hall–Kier alpha value is -2.18. The number of morpholine rings is 1. The number of hydrogen-bond acceptors (Lipinski definition) is 5. The van der Waals surface area contributed by atoms with Crippen LogP contribution in [0.25, 0.3) is 0 Å². The molecule has 0 radical (unpaired) electrons. The minimum absolute atomic E-state index is 0.0595. The van der Waals surface area contributed by atoms with Gasteiger partial charge in [-0.25, -0.2) is 0 Å². The molecule has 6 nitrogen and oxygen atoms in total. The topological polar surface area (TPSA) is 67.6 Å². The van der Waals surface area contributed by atoms with Gasteiger partial charge in [0.2, 0.25) is 5.91 Å². The fraction of sp³-hybridized carbons (Fsp3) is 0.474. The van der Waals surface area contributed by atoms with Crippen molar-refractivity contribution in [1.82, 2.24) is 10.1 Å². The van der Waals surface area contributed by atoms with E-state index in [0.29, 0.717) is 18.2 Å². The Morgan fingerprint density at radius 3 is 2.76 bits per heavy atom. The zero-order valence-corrected chi connectivity index (χ0v) is 14.4. The lowest BCUT2D eigenvalue weighted by Gasteiger charge is -2.50. The third-order valence-electron chi connectivity index (χ3n) is 5.15. The molecule has 2 aliphatic rings. The number of nitrogens with one attached hydrogen (secondary N) is 1. The molecule has 1 saturated heterocycles. The van der Waals surface area contributed by atoms with Crippen molar-refractivity contribution in [2.45, 2.75) is 37.8 Å². The summed E-state index contributed by atoms with van der Waals surface area (Å²) < 4.78 is 11.1. The van der Waals surface area contributed by atoms with Crippen LogP contribution < -0.4 is 5.32 Å². The first kappa shape index (κ1) is 16.3. The Bertz CT molecular complexity index is 739. The summed E-state index contributed by atoms with van der Waals surface area (Å²) in [6.45, 7) is 4.00. The van der Waals surface area contributed by atoms with E-state index >= 15 is 0 Å². The monoisotopic (exact) mass is 341 g/mol. The minimum Gasteiger partial charge on any atom is -0.372 e. The SMILES string of the molecule is Cc1cc(NC(=O)C(c2ccccc2)N2CCOC3(CCC3)C2)no1. The molecule has 4 rings (SSSR count). The van der Waals surface area contributed by atoms with E-state index in [4.69, 9.17) is 9.26 Å². The molecule has 1 aromatic carbocycles. The van der Waals surface area contributed by atoms with Gasteiger partial charge in [-0.1, -0.05) is 35.5 Å². The van der Waals surface area contributed by atoms with Gasteiger partial charge in [0.1, 0.15) is 11.8 Å². The third-order valence-corrected chi connectivity index (χ3v) is 5.15. The van der Waals surface area contributed by atoms with Crippen LogP contribution in [-0.4, -0.2) is 41.3 Å². The first-order chi connectivity index (χ1) is 12.2. The summed E-state index contributed by atoms with van der Waals surface area (Å²) in [5, 5.41) is 6.78. The van der Waals surface area contributed by atoms with Gasteiger partial charge in [0.05, 0.1) is 12.2 Å². The van der Waals surface area contributed by atoms with Gasteiger partial charge in [-0.15, -0.1) is 0 Å². The number of aromatic nitrogens is 1. The van der Waals surface area contributed by atoms with E-state index in [1.54, 1.807) is 13.0 Å². The lowest BCUT2D eigenvalue weighted by atomic mass is 9.78. The standard InChI is InChI=1S/C19H23N3O3/c1-14-12-16(21-25-14)20-18(23)17(15-6-3-2-4-7-15)22-10-11-24-19(13-22)8-5-9-19/h2-4,6-7,12,17H,5,8-11,13H2,1H3,(H,20,21,23). The zero-order chi connectivity index (χ0) is 17.3. The van der Waals surface area contributed by atoms with Gasteiger partial charge in [-0.05, 0) is 31.7 Å². The predicted octanol–water partition coefficient (Wildman–Crippen LogP) is 2.92. The Labute approximate surface area is 147 Å². The first-order valence-electron chi connectivity index (χ1n) is 8.82. The molecule has 2 fully saturated rings. The first-order valence-corrected chi connectivity index (χ1v) is 8.82. The largest absolute Gasteiger partial charge is 0.372 e. The zero-order valence-electron chi connectivity index (χ0n) is 14.4. The molecule has 1 atom stereocenters. The van der Waals surface area contributed by atoms with E-state index in [9.17, 15) is 4.79 Å². The number of hydrogen-bond donors (Lipinski definition) is 1. The highest BCUT2D eigenvalue weighted by Gasteiger charge is 2.44. The number of carbonyl (C=O) groups excluding carboxylic acids is 1. The Morgan fingerprint density at radius 2 is 2.12 bits per heavy atom. The summed E-state index contributed by atoms with van der Waals surface area (Å²) >= 11 is 0. The molecule has 1 unspecified atom stereocenters. The summed E-state index contributed by atoms with van der Waals surface area (Å²) in [4.78, 5) is 15.3. The number of amides is 1. The highest BCUT2D eigenvalue weighted by atomic mass is 16.5. The van der Waals surface area contributed by atoms with Gasteiger partial charge in [0.15, 0.2) is 5.82 Å². The Balaban J connectivity index is 1.58. The van der Waals surface area contributed by atoms with Crippen LogP contribution in [0, 0.1) is 6.92 Å². The van der Waals surface area contributed by atoms with Crippen LogP contribution in [0.2, 0.25) is 0 Å². The van der Waals surface area contributed by atoms with Crippen molar-refractivity contribution in [2.24, 2.45) is 0 Å². The van der Waals surface area contributed by atoms with Crippen LogP contribution in [0.1, 0.15) is 36.6 Å². The number of benzene rings is 1. The number of carbonyl (C=O) groups is 1. The quantitative estimate of drug-likeness (QED) is 0.926. The van der Waals surface area contributed by atoms with Crippen LogP contribution in [0.4, 0.5) is 5.82 Å². The van der Waals surface area contributed by atoms with E-state index < -0.39 is 0 Å². The summed E-state index contributed by atoms with van der Waals surface area (Å²) in [5.41, 5.74) is 0.923. The summed E-state index contributed by atoms with van der Waals surface area (Å²) in [6.07, 6.45) is 3.36. The maximum absolute atomic E-state index is 13.1. The average molecular weight is 341 g/mol. The predicted molar refractivity (Wildman–Crippen MR) is 93.2 cm³/mol. The molecule has 1 aromatic heterocycles. The van der Waals surface area contributed by atoms with E-state index in [1.165, 1.54) is 6.42 Å². The molecule has 2 heterocycles. The number of anilines is 1. The second-order valence-electron chi connectivity index (χ2n) is 6.98.